The van der Waals surface area contributed by atoms with E-state index in [0.717, 1.165) is 12.1 Å². The van der Waals surface area contributed by atoms with E-state index in [2.05, 4.69) is 34.3 Å². The van der Waals surface area contributed by atoms with E-state index in [1.807, 2.05) is 26.0 Å². The van der Waals surface area contributed by atoms with Crippen LogP contribution in [0.3, 0.4) is 0 Å². The standard InChI is InChI=1S/C17H22N4O/c1-4-13-7-9-14(10-8-13)20-16-11-15(18-12-19-16)17(22)21(5-2)6-3/h7-12H,4-6H2,1-3H3,(H,18,19,20). The van der Waals surface area contributed by atoms with Gasteiger partial charge in [0.1, 0.15) is 17.8 Å². The summed E-state index contributed by atoms with van der Waals surface area (Å²) in [6, 6.07) is 9.85. The predicted octanol–water partition coefficient (Wildman–Crippen LogP) is 3.26. The Hall–Kier alpha value is -2.43. The number of hydrogen-bond acceptors (Lipinski definition) is 4. The van der Waals surface area contributed by atoms with Crippen LogP contribution in [0.25, 0.3) is 0 Å². The average Bonchev–Trinajstić information content (AvgIpc) is 2.57. The first-order valence-electron chi connectivity index (χ1n) is 7.65. The van der Waals surface area contributed by atoms with Crippen molar-refractivity contribution in [3.63, 3.8) is 0 Å². The number of hydrogen-bond donors (Lipinski definition) is 1. The number of amides is 1. The van der Waals surface area contributed by atoms with E-state index in [0.29, 0.717) is 24.6 Å². The highest BCUT2D eigenvalue weighted by molar-refractivity contribution is 5.93. The Labute approximate surface area is 131 Å². The van der Waals surface area contributed by atoms with Crippen LogP contribution in [0.1, 0.15) is 36.8 Å². The van der Waals surface area contributed by atoms with Crippen molar-refractivity contribution < 1.29 is 4.79 Å². The molecular weight excluding hydrogens is 276 g/mol. The van der Waals surface area contributed by atoms with E-state index in [1.165, 1.54) is 11.9 Å². The van der Waals surface area contributed by atoms with Crippen molar-refractivity contribution in [2.75, 3.05) is 18.4 Å². The van der Waals surface area contributed by atoms with Gasteiger partial charge in [-0.1, -0.05) is 19.1 Å². The number of aryl methyl sites for hydroxylation is 1. The van der Waals surface area contributed by atoms with Crippen LogP contribution in [-0.4, -0.2) is 33.9 Å². The second-order valence-corrected chi connectivity index (χ2v) is 4.94. The molecule has 5 nitrogen and oxygen atoms in total. The molecule has 0 aliphatic carbocycles. The summed E-state index contributed by atoms with van der Waals surface area (Å²) in [5, 5.41) is 3.20. The number of carbonyl (C=O) groups is 1. The molecule has 116 valence electrons. The Morgan fingerprint density at radius 1 is 1.09 bits per heavy atom. The Bertz CT molecular complexity index is 621. The zero-order valence-corrected chi connectivity index (χ0v) is 13.3. The maximum Gasteiger partial charge on any atom is 0.272 e. The van der Waals surface area contributed by atoms with Crippen LogP contribution in [0.4, 0.5) is 11.5 Å². The molecule has 22 heavy (non-hydrogen) atoms. The fraction of sp³-hybridized carbons (Fsp3) is 0.353. The first-order chi connectivity index (χ1) is 10.7. The number of nitrogens with one attached hydrogen (secondary N) is 1. The lowest BCUT2D eigenvalue weighted by Gasteiger charge is -2.18. The van der Waals surface area contributed by atoms with Gasteiger partial charge in [0.25, 0.3) is 5.91 Å². The van der Waals surface area contributed by atoms with E-state index >= 15 is 0 Å². The third kappa shape index (κ3) is 3.81. The van der Waals surface area contributed by atoms with Crippen LogP contribution in [-0.2, 0) is 6.42 Å². The molecule has 0 saturated carbocycles. The fourth-order valence-corrected chi connectivity index (χ4v) is 2.19. The number of rotatable bonds is 6. The van der Waals surface area contributed by atoms with Crippen LogP contribution >= 0.6 is 0 Å². The minimum atomic E-state index is -0.0724. The zero-order chi connectivity index (χ0) is 15.9. The molecule has 0 fully saturated rings. The van der Waals surface area contributed by atoms with E-state index < -0.39 is 0 Å². The number of benzene rings is 1. The minimum Gasteiger partial charge on any atom is -0.340 e. The number of carbonyl (C=O) groups excluding carboxylic acids is 1. The van der Waals surface area contributed by atoms with Crippen LogP contribution in [0, 0.1) is 0 Å². The SMILES string of the molecule is CCc1ccc(Nc2cc(C(=O)N(CC)CC)ncn2)cc1. The maximum absolute atomic E-state index is 12.3. The van der Waals surface area contributed by atoms with Crippen LogP contribution in [0.2, 0.25) is 0 Å². The summed E-state index contributed by atoms with van der Waals surface area (Å²) >= 11 is 0. The smallest absolute Gasteiger partial charge is 0.272 e. The molecule has 0 bridgehead atoms. The lowest BCUT2D eigenvalue weighted by Crippen LogP contribution is -2.31. The normalized spacial score (nSPS) is 10.3. The molecule has 1 amide bonds. The second kappa shape index (κ2) is 7.54. The first kappa shape index (κ1) is 15.9. The van der Waals surface area contributed by atoms with Crippen molar-refractivity contribution >= 4 is 17.4 Å². The molecular formula is C17H22N4O. The van der Waals surface area contributed by atoms with Crippen LogP contribution in [0.15, 0.2) is 36.7 Å². The third-order valence-corrected chi connectivity index (χ3v) is 3.57. The summed E-state index contributed by atoms with van der Waals surface area (Å²) < 4.78 is 0. The predicted molar refractivity (Wildman–Crippen MR) is 88.4 cm³/mol. The van der Waals surface area contributed by atoms with Crippen molar-refractivity contribution in [1.82, 2.24) is 14.9 Å². The molecule has 0 aliphatic heterocycles. The monoisotopic (exact) mass is 298 g/mol. The summed E-state index contributed by atoms with van der Waals surface area (Å²) in [6.45, 7) is 7.37. The summed E-state index contributed by atoms with van der Waals surface area (Å²) in [7, 11) is 0. The van der Waals surface area contributed by atoms with Crippen LogP contribution in [0.5, 0.6) is 0 Å². The quantitative estimate of drug-likeness (QED) is 0.889. The van der Waals surface area contributed by atoms with Crippen molar-refractivity contribution in [3.8, 4) is 0 Å². The number of aromatic nitrogens is 2. The third-order valence-electron chi connectivity index (χ3n) is 3.57. The molecule has 1 aromatic heterocycles. The fourth-order valence-electron chi connectivity index (χ4n) is 2.19. The summed E-state index contributed by atoms with van der Waals surface area (Å²) in [6.07, 6.45) is 2.43. The molecule has 1 aromatic carbocycles. The van der Waals surface area contributed by atoms with Gasteiger partial charge in [0, 0.05) is 24.8 Å². The highest BCUT2D eigenvalue weighted by atomic mass is 16.2. The molecule has 5 heteroatoms. The second-order valence-electron chi connectivity index (χ2n) is 4.94. The summed E-state index contributed by atoms with van der Waals surface area (Å²) in [5.41, 5.74) is 2.63. The molecule has 2 rings (SSSR count). The van der Waals surface area contributed by atoms with Gasteiger partial charge in [-0.05, 0) is 38.0 Å². The van der Waals surface area contributed by atoms with Crippen molar-refractivity contribution in [2.24, 2.45) is 0 Å². The number of nitrogens with zero attached hydrogens (tertiary/aromatic N) is 3. The largest absolute Gasteiger partial charge is 0.340 e. The van der Waals surface area contributed by atoms with Crippen LogP contribution < -0.4 is 5.32 Å². The van der Waals surface area contributed by atoms with E-state index in [1.54, 1.807) is 11.0 Å². The van der Waals surface area contributed by atoms with E-state index in [9.17, 15) is 4.79 Å². The van der Waals surface area contributed by atoms with Gasteiger partial charge < -0.3 is 10.2 Å². The van der Waals surface area contributed by atoms with Crippen molar-refractivity contribution in [2.45, 2.75) is 27.2 Å². The van der Waals surface area contributed by atoms with Gasteiger partial charge in [-0.25, -0.2) is 9.97 Å². The Morgan fingerprint density at radius 2 is 1.77 bits per heavy atom. The molecule has 1 heterocycles. The van der Waals surface area contributed by atoms with Gasteiger partial charge in [-0.2, -0.15) is 0 Å². The Kier molecular flexibility index (Phi) is 5.47. The number of anilines is 2. The summed E-state index contributed by atoms with van der Waals surface area (Å²) in [4.78, 5) is 22.3. The maximum atomic E-state index is 12.3. The molecule has 0 spiro atoms. The van der Waals surface area contributed by atoms with Crippen molar-refractivity contribution in [3.05, 3.63) is 47.9 Å². The topological polar surface area (TPSA) is 58.1 Å². The van der Waals surface area contributed by atoms with Gasteiger partial charge >= 0.3 is 0 Å². The molecule has 1 N–H and O–H groups in total. The molecule has 0 unspecified atom stereocenters. The lowest BCUT2D eigenvalue weighted by molar-refractivity contribution is 0.0767. The Morgan fingerprint density at radius 3 is 2.36 bits per heavy atom. The van der Waals surface area contributed by atoms with Gasteiger partial charge in [-0.3, -0.25) is 4.79 Å². The van der Waals surface area contributed by atoms with Crippen molar-refractivity contribution in [1.29, 1.82) is 0 Å². The minimum absolute atomic E-state index is 0.0724. The molecule has 0 atom stereocenters. The lowest BCUT2D eigenvalue weighted by atomic mass is 10.1. The highest BCUT2D eigenvalue weighted by Crippen LogP contribution is 2.16. The molecule has 0 saturated heterocycles. The highest BCUT2D eigenvalue weighted by Gasteiger charge is 2.14. The summed E-state index contributed by atoms with van der Waals surface area (Å²) in [5.74, 6) is 0.548. The van der Waals surface area contributed by atoms with E-state index in [-0.39, 0.29) is 5.91 Å². The first-order valence-corrected chi connectivity index (χ1v) is 7.65. The van der Waals surface area contributed by atoms with Gasteiger partial charge in [0.2, 0.25) is 0 Å². The van der Waals surface area contributed by atoms with Gasteiger partial charge in [0.05, 0.1) is 0 Å². The zero-order valence-electron chi connectivity index (χ0n) is 13.3. The van der Waals surface area contributed by atoms with Gasteiger partial charge in [0.15, 0.2) is 0 Å². The molecule has 2 aromatic rings. The molecule has 0 aliphatic rings. The Balaban J connectivity index is 2.15. The van der Waals surface area contributed by atoms with E-state index in [4.69, 9.17) is 0 Å². The average molecular weight is 298 g/mol. The van der Waals surface area contributed by atoms with Gasteiger partial charge in [-0.15, -0.1) is 0 Å². The molecule has 0 radical (unpaired) electrons.